The normalized spacial score (nSPS) is 18.1. The molecule has 0 amide bonds. The zero-order chi connectivity index (χ0) is 12.1. The molecular weight excluding hydrogens is 214 g/mol. The standard InChI is InChI=1S/C14H19NO2/c16-14(17)13(11-6-2-1-3-7-11)10-15-12-8-4-5-9-12/h1-3,6-7,12-13,15H,4-5,8-10H2,(H,16,17). The van der Waals surface area contributed by atoms with E-state index in [-0.39, 0.29) is 0 Å². The Morgan fingerprint density at radius 3 is 2.53 bits per heavy atom. The number of rotatable bonds is 5. The number of carboxylic acids is 1. The van der Waals surface area contributed by atoms with Gasteiger partial charge in [-0.25, -0.2) is 0 Å². The summed E-state index contributed by atoms with van der Waals surface area (Å²) in [5.74, 6) is -1.18. The van der Waals surface area contributed by atoms with Crippen LogP contribution in [-0.4, -0.2) is 23.7 Å². The second-order valence-electron chi connectivity index (χ2n) is 4.69. The van der Waals surface area contributed by atoms with Crippen molar-refractivity contribution in [1.29, 1.82) is 0 Å². The number of hydrogen-bond donors (Lipinski definition) is 2. The van der Waals surface area contributed by atoms with Crippen molar-refractivity contribution in [2.45, 2.75) is 37.6 Å². The third kappa shape index (κ3) is 3.30. The SMILES string of the molecule is O=C(O)C(CNC1CCCC1)c1ccccc1. The molecule has 0 spiro atoms. The van der Waals surface area contributed by atoms with Crippen LogP contribution in [-0.2, 0) is 4.79 Å². The maximum Gasteiger partial charge on any atom is 0.312 e. The van der Waals surface area contributed by atoms with Gasteiger partial charge in [0.15, 0.2) is 0 Å². The minimum atomic E-state index is -0.748. The lowest BCUT2D eigenvalue weighted by Gasteiger charge is -2.17. The average Bonchev–Trinajstić information content (AvgIpc) is 2.83. The largest absolute Gasteiger partial charge is 0.481 e. The molecule has 1 aliphatic carbocycles. The molecule has 0 bridgehead atoms. The quantitative estimate of drug-likeness (QED) is 0.821. The molecule has 1 aromatic rings. The van der Waals surface area contributed by atoms with Crippen molar-refractivity contribution in [3.05, 3.63) is 35.9 Å². The van der Waals surface area contributed by atoms with Crippen LogP contribution in [0.2, 0.25) is 0 Å². The van der Waals surface area contributed by atoms with E-state index in [1.54, 1.807) is 0 Å². The number of benzene rings is 1. The average molecular weight is 233 g/mol. The molecule has 1 aliphatic rings. The van der Waals surface area contributed by atoms with E-state index in [1.807, 2.05) is 30.3 Å². The van der Waals surface area contributed by atoms with Gasteiger partial charge in [-0.2, -0.15) is 0 Å². The van der Waals surface area contributed by atoms with Crippen molar-refractivity contribution < 1.29 is 9.90 Å². The number of hydrogen-bond acceptors (Lipinski definition) is 2. The van der Waals surface area contributed by atoms with Gasteiger partial charge in [0.2, 0.25) is 0 Å². The molecule has 17 heavy (non-hydrogen) atoms. The summed E-state index contributed by atoms with van der Waals surface area (Å²) in [5, 5.41) is 12.6. The molecule has 0 saturated heterocycles. The fourth-order valence-corrected chi connectivity index (χ4v) is 2.45. The molecule has 2 rings (SSSR count). The zero-order valence-corrected chi connectivity index (χ0v) is 9.93. The van der Waals surface area contributed by atoms with Crippen LogP contribution < -0.4 is 5.32 Å². The lowest BCUT2D eigenvalue weighted by atomic mass is 9.99. The highest BCUT2D eigenvalue weighted by atomic mass is 16.4. The summed E-state index contributed by atoms with van der Waals surface area (Å²) in [7, 11) is 0. The summed E-state index contributed by atoms with van der Waals surface area (Å²) in [5.41, 5.74) is 0.880. The van der Waals surface area contributed by atoms with E-state index in [4.69, 9.17) is 0 Å². The number of carbonyl (C=O) groups is 1. The third-order valence-electron chi connectivity index (χ3n) is 3.47. The van der Waals surface area contributed by atoms with Crippen LogP contribution in [0.3, 0.4) is 0 Å². The van der Waals surface area contributed by atoms with Crippen LogP contribution in [0, 0.1) is 0 Å². The number of aliphatic carboxylic acids is 1. The van der Waals surface area contributed by atoms with Gasteiger partial charge in [0, 0.05) is 12.6 Å². The van der Waals surface area contributed by atoms with Crippen LogP contribution in [0.1, 0.15) is 37.2 Å². The molecule has 0 aromatic heterocycles. The van der Waals surface area contributed by atoms with Gasteiger partial charge >= 0.3 is 5.97 Å². The van der Waals surface area contributed by atoms with Crippen LogP contribution >= 0.6 is 0 Å². The van der Waals surface area contributed by atoms with Crippen LogP contribution in [0.5, 0.6) is 0 Å². The van der Waals surface area contributed by atoms with E-state index in [2.05, 4.69) is 5.32 Å². The summed E-state index contributed by atoms with van der Waals surface area (Å²) in [6.45, 7) is 0.532. The molecular formula is C14H19NO2. The fraction of sp³-hybridized carbons (Fsp3) is 0.500. The smallest absolute Gasteiger partial charge is 0.312 e. The van der Waals surface area contributed by atoms with Gasteiger partial charge in [-0.1, -0.05) is 43.2 Å². The molecule has 1 saturated carbocycles. The molecule has 1 atom stereocenters. The summed E-state index contributed by atoms with van der Waals surface area (Å²) >= 11 is 0. The molecule has 3 heteroatoms. The van der Waals surface area contributed by atoms with Crippen LogP contribution in [0.4, 0.5) is 0 Å². The molecule has 1 fully saturated rings. The Balaban J connectivity index is 1.95. The van der Waals surface area contributed by atoms with Gasteiger partial charge in [0.1, 0.15) is 0 Å². The van der Waals surface area contributed by atoms with E-state index in [1.165, 1.54) is 25.7 Å². The first-order valence-electron chi connectivity index (χ1n) is 6.28. The summed E-state index contributed by atoms with van der Waals surface area (Å²) < 4.78 is 0. The van der Waals surface area contributed by atoms with E-state index < -0.39 is 11.9 Å². The van der Waals surface area contributed by atoms with E-state index >= 15 is 0 Å². The summed E-state index contributed by atoms with van der Waals surface area (Å²) in [6.07, 6.45) is 4.89. The Hall–Kier alpha value is -1.35. The maximum atomic E-state index is 11.3. The van der Waals surface area contributed by atoms with Gasteiger partial charge in [-0.05, 0) is 18.4 Å². The van der Waals surface area contributed by atoms with Gasteiger partial charge in [-0.15, -0.1) is 0 Å². The second kappa shape index (κ2) is 5.82. The Kier molecular flexibility index (Phi) is 4.15. The zero-order valence-electron chi connectivity index (χ0n) is 9.93. The first kappa shape index (κ1) is 12.1. The molecule has 3 nitrogen and oxygen atoms in total. The molecule has 1 unspecified atom stereocenters. The summed E-state index contributed by atoms with van der Waals surface area (Å²) in [4.78, 5) is 11.3. The number of carboxylic acid groups (broad SMARTS) is 1. The highest BCUT2D eigenvalue weighted by Gasteiger charge is 2.22. The number of nitrogens with one attached hydrogen (secondary N) is 1. The lowest BCUT2D eigenvalue weighted by Crippen LogP contribution is -2.33. The van der Waals surface area contributed by atoms with E-state index in [9.17, 15) is 9.90 Å². The van der Waals surface area contributed by atoms with Crippen LogP contribution in [0.25, 0.3) is 0 Å². The molecule has 0 radical (unpaired) electrons. The fourth-order valence-electron chi connectivity index (χ4n) is 2.45. The van der Waals surface area contributed by atoms with Gasteiger partial charge in [0.05, 0.1) is 5.92 Å². The van der Waals surface area contributed by atoms with Gasteiger partial charge < -0.3 is 10.4 Å². The monoisotopic (exact) mass is 233 g/mol. The predicted octanol–water partition coefficient (Wildman–Crippen LogP) is 2.39. The second-order valence-corrected chi connectivity index (χ2v) is 4.69. The first-order valence-corrected chi connectivity index (χ1v) is 6.28. The molecule has 2 N–H and O–H groups in total. The lowest BCUT2D eigenvalue weighted by molar-refractivity contribution is -0.138. The minimum absolute atomic E-state index is 0.434. The molecule has 0 heterocycles. The third-order valence-corrected chi connectivity index (χ3v) is 3.47. The minimum Gasteiger partial charge on any atom is -0.481 e. The molecule has 0 aliphatic heterocycles. The topological polar surface area (TPSA) is 49.3 Å². The molecule has 1 aromatic carbocycles. The van der Waals surface area contributed by atoms with Gasteiger partial charge in [0.25, 0.3) is 0 Å². The Morgan fingerprint density at radius 1 is 1.29 bits per heavy atom. The van der Waals surface area contributed by atoms with Crippen molar-refractivity contribution in [3.8, 4) is 0 Å². The molecule has 92 valence electrons. The van der Waals surface area contributed by atoms with Crippen molar-refractivity contribution in [1.82, 2.24) is 5.32 Å². The summed E-state index contributed by atoms with van der Waals surface area (Å²) in [6, 6.07) is 9.97. The Morgan fingerprint density at radius 2 is 1.94 bits per heavy atom. The highest BCUT2D eigenvalue weighted by molar-refractivity contribution is 5.76. The van der Waals surface area contributed by atoms with E-state index in [0.29, 0.717) is 12.6 Å². The van der Waals surface area contributed by atoms with Crippen molar-refractivity contribution in [2.75, 3.05) is 6.54 Å². The first-order chi connectivity index (χ1) is 8.27. The van der Waals surface area contributed by atoms with Crippen molar-refractivity contribution in [3.63, 3.8) is 0 Å². The van der Waals surface area contributed by atoms with E-state index in [0.717, 1.165) is 5.56 Å². The van der Waals surface area contributed by atoms with Gasteiger partial charge in [-0.3, -0.25) is 4.79 Å². The van der Waals surface area contributed by atoms with Crippen molar-refractivity contribution >= 4 is 5.97 Å². The van der Waals surface area contributed by atoms with Crippen molar-refractivity contribution in [2.24, 2.45) is 0 Å². The Labute approximate surface area is 102 Å². The predicted molar refractivity (Wildman–Crippen MR) is 67.1 cm³/mol. The highest BCUT2D eigenvalue weighted by Crippen LogP contribution is 2.20. The Bertz CT molecular complexity index is 358. The maximum absolute atomic E-state index is 11.3. The van der Waals surface area contributed by atoms with Crippen LogP contribution in [0.15, 0.2) is 30.3 Å².